The molecule has 0 heterocycles. The highest BCUT2D eigenvalue weighted by Crippen LogP contribution is 2.63. The third-order valence-electron chi connectivity index (χ3n) is 8.57. The van der Waals surface area contributed by atoms with Gasteiger partial charge in [0.2, 0.25) is 0 Å². The van der Waals surface area contributed by atoms with Crippen LogP contribution in [0.25, 0.3) is 0 Å². The van der Waals surface area contributed by atoms with Crippen molar-refractivity contribution in [1.29, 1.82) is 0 Å². The van der Waals surface area contributed by atoms with Gasteiger partial charge >= 0.3 is 0 Å². The van der Waals surface area contributed by atoms with E-state index in [1.165, 1.54) is 49.7 Å². The number of rotatable bonds is 8. The zero-order valence-corrected chi connectivity index (χ0v) is 21.2. The minimum Gasteiger partial charge on any atom is -0.309 e. The predicted molar refractivity (Wildman–Crippen MR) is 130 cm³/mol. The van der Waals surface area contributed by atoms with E-state index in [0.717, 1.165) is 0 Å². The maximum atomic E-state index is 4.04. The highest BCUT2D eigenvalue weighted by molar-refractivity contribution is 5.40. The molecule has 29 heavy (non-hydrogen) atoms. The van der Waals surface area contributed by atoms with E-state index in [0.29, 0.717) is 17.9 Å². The maximum absolute atomic E-state index is 4.04. The summed E-state index contributed by atoms with van der Waals surface area (Å²) >= 11 is 0. The second kappa shape index (κ2) is 9.13. The van der Waals surface area contributed by atoms with Gasteiger partial charge in [-0.15, -0.1) is 0 Å². The average molecular weight is 400 g/mol. The van der Waals surface area contributed by atoms with E-state index in [1.54, 1.807) is 5.56 Å². The van der Waals surface area contributed by atoms with E-state index in [2.05, 4.69) is 92.8 Å². The van der Waals surface area contributed by atoms with Gasteiger partial charge in [-0.1, -0.05) is 91.5 Å². The molecule has 0 amide bonds. The molecule has 1 aromatic rings. The second-order valence-corrected chi connectivity index (χ2v) is 11.3. The molecule has 1 N–H and O–H groups in total. The molecule has 0 radical (unpaired) electrons. The summed E-state index contributed by atoms with van der Waals surface area (Å²) in [5, 5.41) is 4.04. The topological polar surface area (TPSA) is 12.0 Å². The molecule has 1 nitrogen and oxygen atoms in total. The molecule has 0 spiro atoms. The number of nitrogens with one attached hydrogen (secondary N) is 1. The molecule has 166 valence electrons. The van der Waals surface area contributed by atoms with Crippen molar-refractivity contribution in [2.45, 2.75) is 125 Å². The van der Waals surface area contributed by atoms with Crippen LogP contribution in [0.15, 0.2) is 18.2 Å². The summed E-state index contributed by atoms with van der Waals surface area (Å²) < 4.78 is 0. The van der Waals surface area contributed by atoms with Crippen LogP contribution in [0.1, 0.15) is 111 Å². The third kappa shape index (κ3) is 4.46. The van der Waals surface area contributed by atoms with Crippen molar-refractivity contribution in [1.82, 2.24) is 5.32 Å². The van der Waals surface area contributed by atoms with Crippen LogP contribution in [-0.2, 0) is 5.41 Å². The van der Waals surface area contributed by atoms with Crippen LogP contribution >= 0.6 is 0 Å². The summed E-state index contributed by atoms with van der Waals surface area (Å²) in [4.78, 5) is 0. The fourth-order valence-corrected chi connectivity index (χ4v) is 6.81. The SMILES string of the molecule is CCCCC1(c2cc(C)ccc2C)CC(CC)C(C)(NC(C)C)CC1(C)C(C)C. The summed E-state index contributed by atoms with van der Waals surface area (Å²) in [6, 6.07) is 7.73. The van der Waals surface area contributed by atoms with Gasteiger partial charge in [0.25, 0.3) is 0 Å². The van der Waals surface area contributed by atoms with Gasteiger partial charge in [0, 0.05) is 17.0 Å². The van der Waals surface area contributed by atoms with E-state index in [9.17, 15) is 0 Å². The Bertz CT molecular complexity index is 675. The molecule has 2 rings (SSSR count). The number of benzene rings is 1. The highest BCUT2D eigenvalue weighted by Gasteiger charge is 2.59. The smallest absolute Gasteiger partial charge is 0.0189 e. The third-order valence-corrected chi connectivity index (χ3v) is 8.57. The molecular weight excluding hydrogens is 350 g/mol. The molecule has 4 atom stereocenters. The van der Waals surface area contributed by atoms with E-state index in [-0.39, 0.29) is 16.4 Å². The maximum Gasteiger partial charge on any atom is 0.0189 e. The standard InChI is InChI=1S/C28H49N/c1-11-13-16-28(25-17-22(7)14-15-23(25)8)18-24(12-2)27(10,29-21(5)6)19-26(28,9)20(3)4/h14-15,17,20-21,24,29H,11-13,16,18-19H2,1-10H3. The van der Waals surface area contributed by atoms with Gasteiger partial charge < -0.3 is 5.32 Å². The van der Waals surface area contributed by atoms with Crippen molar-refractivity contribution in [2.75, 3.05) is 0 Å². The number of hydrogen-bond acceptors (Lipinski definition) is 1. The minimum absolute atomic E-state index is 0.204. The summed E-state index contributed by atoms with van der Waals surface area (Å²) in [6.07, 6.45) is 7.73. The minimum atomic E-state index is 0.204. The van der Waals surface area contributed by atoms with Gasteiger partial charge in [0.15, 0.2) is 0 Å². The molecule has 0 bridgehead atoms. The Morgan fingerprint density at radius 3 is 2.24 bits per heavy atom. The van der Waals surface area contributed by atoms with Crippen molar-refractivity contribution in [2.24, 2.45) is 17.3 Å². The van der Waals surface area contributed by atoms with E-state index in [1.807, 2.05) is 0 Å². The van der Waals surface area contributed by atoms with Gasteiger partial charge in [-0.3, -0.25) is 0 Å². The Labute approximate surface area is 182 Å². The summed E-state index contributed by atoms with van der Waals surface area (Å²) in [7, 11) is 0. The van der Waals surface area contributed by atoms with Crippen LogP contribution in [0.2, 0.25) is 0 Å². The molecule has 1 fully saturated rings. The Morgan fingerprint density at radius 2 is 1.72 bits per heavy atom. The lowest BCUT2D eigenvalue weighted by Crippen LogP contribution is -2.65. The van der Waals surface area contributed by atoms with Crippen molar-refractivity contribution in [3.05, 3.63) is 34.9 Å². The fourth-order valence-electron chi connectivity index (χ4n) is 6.81. The van der Waals surface area contributed by atoms with Gasteiger partial charge in [-0.25, -0.2) is 0 Å². The van der Waals surface area contributed by atoms with Crippen LogP contribution < -0.4 is 5.32 Å². The number of hydrogen-bond donors (Lipinski definition) is 1. The van der Waals surface area contributed by atoms with Crippen LogP contribution in [0, 0.1) is 31.1 Å². The molecule has 4 unspecified atom stereocenters. The van der Waals surface area contributed by atoms with Crippen molar-refractivity contribution < 1.29 is 0 Å². The Hall–Kier alpha value is -0.820. The first-order valence-corrected chi connectivity index (χ1v) is 12.3. The second-order valence-electron chi connectivity index (χ2n) is 11.3. The number of unbranched alkanes of at least 4 members (excludes halogenated alkanes) is 1. The highest BCUT2D eigenvalue weighted by atomic mass is 15.0. The van der Waals surface area contributed by atoms with Gasteiger partial charge in [-0.05, 0) is 68.4 Å². The summed E-state index contributed by atoms with van der Waals surface area (Å²) in [6.45, 7) is 24.1. The molecule has 1 saturated carbocycles. The van der Waals surface area contributed by atoms with Gasteiger partial charge in [-0.2, -0.15) is 0 Å². The monoisotopic (exact) mass is 399 g/mol. The van der Waals surface area contributed by atoms with Crippen LogP contribution in [0.5, 0.6) is 0 Å². The first-order valence-electron chi connectivity index (χ1n) is 12.3. The molecule has 1 aromatic carbocycles. The summed E-state index contributed by atoms with van der Waals surface area (Å²) in [5.74, 6) is 1.35. The van der Waals surface area contributed by atoms with Crippen LogP contribution in [0.3, 0.4) is 0 Å². The Balaban J connectivity index is 2.74. The molecular formula is C28H49N. The molecule has 0 saturated heterocycles. The summed E-state index contributed by atoms with van der Waals surface area (Å²) in [5.41, 5.74) is 5.28. The van der Waals surface area contributed by atoms with Crippen molar-refractivity contribution in [3.63, 3.8) is 0 Å². The van der Waals surface area contributed by atoms with Crippen molar-refractivity contribution in [3.8, 4) is 0 Å². The Morgan fingerprint density at radius 1 is 1.07 bits per heavy atom. The lowest BCUT2D eigenvalue weighted by Gasteiger charge is -2.63. The zero-order valence-electron chi connectivity index (χ0n) is 21.2. The Kier molecular flexibility index (Phi) is 7.69. The molecule has 1 aliphatic carbocycles. The lowest BCUT2D eigenvalue weighted by molar-refractivity contribution is -0.0620. The van der Waals surface area contributed by atoms with Gasteiger partial charge in [0.1, 0.15) is 0 Å². The first-order chi connectivity index (χ1) is 13.5. The van der Waals surface area contributed by atoms with E-state index < -0.39 is 0 Å². The lowest BCUT2D eigenvalue weighted by atomic mass is 9.43. The molecule has 1 heteroatoms. The van der Waals surface area contributed by atoms with Gasteiger partial charge in [0.05, 0.1) is 0 Å². The van der Waals surface area contributed by atoms with Crippen LogP contribution in [-0.4, -0.2) is 11.6 Å². The predicted octanol–water partition coefficient (Wildman–Crippen LogP) is 7.97. The largest absolute Gasteiger partial charge is 0.309 e. The van der Waals surface area contributed by atoms with E-state index in [4.69, 9.17) is 0 Å². The van der Waals surface area contributed by atoms with Crippen molar-refractivity contribution >= 4 is 0 Å². The number of aryl methyl sites for hydroxylation is 2. The molecule has 0 aliphatic heterocycles. The molecule has 1 aliphatic rings. The van der Waals surface area contributed by atoms with Crippen LogP contribution in [0.4, 0.5) is 0 Å². The average Bonchev–Trinajstić information content (AvgIpc) is 2.62. The van der Waals surface area contributed by atoms with E-state index >= 15 is 0 Å². The fraction of sp³-hybridized carbons (Fsp3) is 0.786. The normalized spacial score (nSPS) is 32.9. The quantitative estimate of drug-likeness (QED) is 0.467. The molecule has 0 aromatic heterocycles. The first kappa shape index (κ1) is 24.4. The zero-order chi connectivity index (χ0) is 22.0.